The van der Waals surface area contributed by atoms with Gasteiger partial charge in [-0.3, -0.25) is 4.68 Å². The smallest absolute Gasteiger partial charge is 0.191 e. The number of aryl methyl sites for hydroxylation is 3. The van der Waals surface area contributed by atoms with Gasteiger partial charge in [-0.15, -0.1) is 6.42 Å². The van der Waals surface area contributed by atoms with Crippen LogP contribution in [0.1, 0.15) is 34.9 Å². The van der Waals surface area contributed by atoms with Gasteiger partial charge in [-0.25, -0.2) is 0 Å². The third kappa shape index (κ3) is 2.78. The van der Waals surface area contributed by atoms with Crippen molar-refractivity contribution in [1.82, 2.24) is 9.78 Å². The van der Waals surface area contributed by atoms with E-state index in [1.54, 1.807) is 14.2 Å². The fraction of sp³-hybridized carbons (Fsp3) is 0.421. The van der Waals surface area contributed by atoms with E-state index in [1.807, 2.05) is 32.5 Å². The minimum Gasteiger partial charge on any atom is -0.349 e. The molecular formula is C19H24N2O2. The van der Waals surface area contributed by atoms with Crippen molar-refractivity contribution in [1.29, 1.82) is 0 Å². The lowest BCUT2D eigenvalue weighted by molar-refractivity contribution is -0.202. The molecule has 1 aromatic carbocycles. The molecule has 1 heterocycles. The van der Waals surface area contributed by atoms with Crippen molar-refractivity contribution in [2.45, 2.75) is 33.5 Å². The molecule has 0 atom stereocenters. The highest BCUT2D eigenvalue weighted by molar-refractivity contribution is 5.72. The molecule has 0 bridgehead atoms. The average molecular weight is 312 g/mol. The van der Waals surface area contributed by atoms with E-state index < -0.39 is 5.79 Å². The lowest BCUT2D eigenvalue weighted by atomic mass is 9.92. The van der Waals surface area contributed by atoms with Crippen molar-refractivity contribution in [3.63, 3.8) is 0 Å². The van der Waals surface area contributed by atoms with Crippen LogP contribution in [0, 0.1) is 33.1 Å². The normalized spacial score (nSPS) is 11.6. The molecule has 2 rings (SSSR count). The van der Waals surface area contributed by atoms with Crippen molar-refractivity contribution in [2.24, 2.45) is 7.05 Å². The lowest BCUT2D eigenvalue weighted by Crippen LogP contribution is -2.27. The molecule has 0 aliphatic rings. The summed E-state index contributed by atoms with van der Waals surface area (Å²) in [6, 6.07) is 4.19. The Morgan fingerprint density at radius 2 is 1.74 bits per heavy atom. The Morgan fingerprint density at radius 3 is 2.26 bits per heavy atom. The van der Waals surface area contributed by atoms with Crippen LogP contribution in [0.3, 0.4) is 0 Å². The number of hydrogen-bond acceptors (Lipinski definition) is 3. The molecule has 0 saturated carbocycles. The first-order valence-electron chi connectivity index (χ1n) is 7.51. The van der Waals surface area contributed by atoms with E-state index in [4.69, 9.17) is 15.9 Å². The molecule has 4 heteroatoms. The first-order valence-corrected chi connectivity index (χ1v) is 7.51. The van der Waals surface area contributed by atoms with Crippen LogP contribution in [0.25, 0.3) is 11.3 Å². The van der Waals surface area contributed by atoms with E-state index in [2.05, 4.69) is 30.1 Å². The number of nitrogens with zero attached hydrogens (tertiary/aromatic N) is 2. The minimum atomic E-state index is -0.813. The minimum absolute atomic E-state index is 0.813. The quantitative estimate of drug-likeness (QED) is 0.641. The summed E-state index contributed by atoms with van der Waals surface area (Å²) in [5.41, 5.74) is 6.81. The summed E-state index contributed by atoms with van der Waals surface area (Å²) in [5.74, 6) is 1.95. The first kappa shape index (κ1) is 17.3. The predicted molar refractivity (Wildman–Crippen MR) is 92.2 cm³/mol. The molecule has 1 aromatic heterocycles. The van der Waals surface area contributed by atoms with Crippen molar-refractivity contribution in [3.8, 4) is 23.6 Å². The van der Waals surface area contributed by atoms with Crippen molar-refractivity contribution < 1.29 is 9.47 Å². The van der Waals surface area contributed by atoms with Crippen LogP contribution in [-0.2, 0) is 22.3 Å². The molecule has 0 saturated heterocycles. The number of benzene rings is 1. The molecule has 0 radical (unpaired) electrons. The van der Waals surface area contributed by atoms with Crippen molar-refractivity contribution >= 4 is 0 Å². The highest BCUT2D eigenvalue weighted by atomic mass is 16.7. The Bertz CT molecular complexity index is 778. The number of methoxy groups -OCH3 is 2. The van der Waals surface area contributed by atoms with Gasteiger partial charge in [0.15, 0.2) is 5.79 Å². The maximum Gasteiger partial charge on any atom is 0.191 e. The molecule has 122 valence electrons. The summed E-state index contributed by atoms with van der Waals surface area (Å²) in [6.07, 6.45) is 5.71. The van der Waals surface area contributed by atoms with Gasteiger partial charge in [-0.05, 0) is 44.9 Å². The number of aromatic nitrogens is 2. The summed E-state index contributed by atoms with van der Waals surface area (Å²) in [5, 5.41) is 4.61. The van der Waals surface area contributed by atoms with Gasteiger partial charge in [0.2, 0.25) is 0 Å². The fourth-order valence-corrected chi connectivity index (χ4v) is 2.87. The highest BCUT2D eigenvalue weighted by Gasteiger charge is 2.29. The maximum atomic E-state index is 5.71. The second kappa shape index (κ2) is 6.19. The van der Waals surface area contributed by atoms with Crippen LogP contribution in [0.15, 0.2) is 12.1 Å². The van der Waals surface area contributed by atoms with Crippen LogP contribution in [0.5, 0.6) is 0 Å². The van der Waals surface area contributed by atoms with Gasteiger partial charge in [-0.2, -0.15) is 5.10 Å². The van der Waals surface area contributed by atoms with Gasteiger partial charge < -0.3 is 9.47 Å². The van der Waals surface area contributed by atoms with Crippen LogP contribution < -0.4 is 0 Å². The zero-order valence-electron chi connectivity index (χ0n) is 14.9. The number of rotatable bonds is 4. The van der Waals surface area contributed by atoms with E-state index in [0.717, 1.165) is 39.2 Å². The molecule has 0 spiro atoms. The number of terminal acetylenes is 1. The summed E-state index contributed by atoms with van der Waals surface area (Å²) in [7, 11) is 5.18. The molecule has 0 fully saturated rings. The summed E-state index contributed by atoms with van der Waals surface area (Å²) < 4.78 is 13.0. The Kier molecular flexibility index (Phi) is 4.65. The average Bonchev–Trinajstić information content (AvgIpc) is 2.81. The van der Waals surface area contributed by atoms with Crippen LogP contribution in [0.2, 0.25) is 0 Å². The summed E-state index contributed by atoms with van der Waals surface area (Å²) in [4.78, 5) is 0. The van der Waals surface area contributed by atoms with Gasteiger partial charge in [0, 0.05) is 32.4 Å². The fourth-order valence-electron chi connectivity index (χ4n) is 2.87. The monoisotopic (exact) mass is 312 g/mol. The van der Waals surface area contributed by atoms with Gasteiger partial charge in [0.1, 0.15) is 5.69 Å². The van der Waals surface area contributed by atoms with Gasteiger partial charge >= 0.3 is 0 Å². The Balaban J connectivity index is 2.76. The Hall–Kier alpha value is -2.09. The Morgan fingerprint density at radius 1 is 1.13 bits per heavy atom. The van der Waals surface area contributed by atoms with Crippen LogP contribution >= 0.6 is 0 Å². The molecule has 0 aliphatic heterocycles. The summed E-state index contributed by atoms with van der Waals surface area (Å²) >= 11 is 0. The second-order valence-corrected chi connectivity index (χ2v) is 5.91. The summed E-state index contributed by atoms with van der Waals surface area (Å²) in [6.45, 7) is 7.99. The van der Waals surface area contributed by atoms with Gasteiger partial charge in [0.05, 0.1) is 11.3 Å². The van der Waals surface area contributed by atoms with E-state index in [9.17, 15) is 0 Å². The molecule has 0 unspecified atom stereocenters. The van der Waals surface area contributed by atoms with Crippen LogP contribution in [-0.4, -0.2) is 24.0 Å². The van der Waals surface area contributed by atoms with E-state index in [1.165, 1.54) is 0 Å². The molecule has 0 aliphatic carbocycles. The highest BCUT2D eigenvalue weighted by Crippen LogP contribution is 2.35. The molecule has 2 aromatic rings. The second-order valence-electron chi connectivity index (χ2n) is 5.91. The zero-order chi connectivity index (χ0) is 17.4. The van der Waals surface area contributed by atoms with Gasteiger partial charge in [0.25, 0.3) is 0 Å². The first-order chi connectivity index (χ1) is 10.8. The topological polar surface area (TPSA) is 36.3 Å². The largest absolute Gasteiger partial charge is 0.349 e. The molecule has 0 N–H and O–H groups in total. The maximum absolute atomic E-state index is 5.71. The number of hydrogen-bond donors (Lipinski definition) is 0. The van der Waals surface area contributed by atoms with Crippen molar-refractivity contribution in [2.75, 3.05) is 14.2 Å². The Labute approximate surface area is 138 Å². The van der Waals surface area contributed by atoms with E-state index >= 15 is 0 Å². The third-order valence-electron chi connectivity index (χ3n) is 4.57. The van der Waals surface area contributed by atoms with Crippen LogP contribution in [0.4, 0.5) is 0 Å². The molecule has 4 nitrogen and oxygen atoms in total. The SMILES string of the molecule is C#Cc1c(-c2cc(C(C)(OC)OC)c(C)cc2C)nn(C)c1C. The molecule has 23 heavy (non-hydrogen) atoms. The predicted octanol–water partition coefficient (Wildman–Crippen LogP) is 3.46. The van der Waals surface area contributed by atoms with Gasteiger partial charge in [-0.1, -0.05) is 12.0 Å². The number of ether oxygens (including phenoxy) is 2. The van der Waals surface area contributed by atoms with Crippen molar-refractivity contribution in [3.05, 3.63) is 40.1 Å². The van der Waals surface area contributed by atoms with E-state index in [-0.39, 0.29) is 0 Å². The lowest BCUT2D eigenvalue weighted by Gasteiger charge is -2.29. The standard InChI is InChI=1S/C19H24N2O2/c1-9-15-14(4)21(6)20-18(15)16-11-17(13(3)10-12(16)2)19(5,22-7)23-8/h1,10-11H,2-8H3. The molecule has 0 amide bonds. The third-order valence-corrected chi connectivity index (χ3v) is 4.57. The molecular weight excluding hydrogens is 288 g/mol. The van der Waals surface area contributed by atoms with E-state index in [0.29, 0.717) is 0 Å². The zero-order valence-corrected chi connectivity index (χ0v) is 14.9.